The van der Waals surface area contributed by atoms with E-state index in [1.54, 1.807) is 0 Å². The molecule has 1 aromatic rings. The predicted molar refractivity (Wildman–Crippen MR) is 72.8 cm³/mol. The Morgan fingerprint density at radius 1 is 1.40 bits per heavy atom. The third-order valence-corrected chi connectivity index (χ3v) is 3.36. The van der Waals surface area contributed by atoms with E-state index in [4.69, 9.17) is 0 Å². The first kappa shape index (κ1) is 14.5. The number of carbonyl (C=O) groups is 2. The molecule has 1 aliphatic rings. The van der Waals surface area contributed by atoms with Gasteiger partial charge in [0.2, 0.25) is 11.8 Å². The molecule has 2 amide bonds. The first-order valence-corrected chi connectivity index (χ1v) is 7.03. The maximum Gasteiger partial charge on any atom is 0.220 e. The first-order valence-electron chi connectivity index (χ1n) is 7.03. The van der Waals surface area contributed by atoms with Crippen LogP contribution in [0.3, 0.4) is 0 Å². The quantitative estimate of drug-likeness (QED) is 0.734. The summed E-state index contributed by atoms with van der Waals surface area (Å²) >= 11 is 0. The number of rotatable bonds is 6. The van der Waals surface area contributed by atoms with Crippen molar-refractivity contribution >= 4 is 11.8 Å². The van der Waals surface area contributed by atoms with Crippen LogP contribution in [0.1, 0.15) is 50.8 Å². The van der Waals surface area contributed by atoms with Gasteiger partial charge in [-0.2, -0.15) is 0 Å². The van der Waals surface area contributed by atoms with Crippen LogP contribution in [0.2, 0.25) is 0 Å². The number of hydrogen-bond donors (Lipinski definition) is 2. The van der Waals surface area contributed by atoms with Crippen molar-refractivity contribution in [2.75, 3.05) is 6.54 Å². The van der Waals surface area contributed by atoms with Gasteiger partial charge in [0.1, 0.15) is 5.82 Å². The van der Waals surface area contributed by atoms with Crippen molar-refractivity contribution in [1.82, 2.24) is 25.4 Å². The molecule has 1 aromatic heterocycles. The lowest BCUT2D eigenvalue weighted by atomic mass is 10.2. The lowest BCUT2D eigenvalue weighted by Gasteiger charge is -2.13. The summed E-state index contributed by atoms with van der Waals surface area (Å²) in [4.78, 5) is 22.5. The van der Waals surface area contributed by atoms with E-state index in [2.05, 4.69) is 25.4 Å². The molecule has 0 bridgehead atoms. The van der Waals surface area contributed by atoms with Gasteiger partial charge in [0.25, 0.3) is 0 Å². The SMILES string of the molecule is CC(=O)NCCCC(=O)N[C@H](C)c1nnc2n1CCC2. The minimum Gasteiger partial charge on any atom is -0.356 e. The molecule has 0 aliphatic carbocycles. The van der Waals surface area contributed by atoms with Crippen molar-refractivity contribution in [3.05, 3.63) is 11.6 Å². The molecule has 20 heavy (non-hydrogen) atoms. The number of carbonyl (C=O) groups excluding carboxylic acids is 2. The Bertz CT molecular complexity index is 497. The second kappa shape index (κ2) is 6.49. The monoisotopic (exact) mass is 279 g/mol. The highest BCUT2D eigenvalue weighted by molar-refractivity contribution is 5.76. The van der Waals surface area contributed by atoms with Gasteiger partial charge in [0.15, 0.2) is 5.82 Å². The summed E-state index contributed by atoms with van der Waals surface area (Å²) in [5, 5.41) is 13.9. The molecule has 1 aliphatic heterocycles. The summed E-state index contributed by atoms with van der Waals surface area (Å²) in [7, 11) is 0. The number of nitrogens with one attached hydrogen (secondary N) is 2. The molecule has 0 aromatic carbocycles. The van der Waals surface area contributed by atoms with Crippen LogP contribution in [0.5, 0.6) is 0 Å². The second-order valence-electron chi connectivity index (χ2n) is 5.11. The normalized spacial score (nSPS) is 14.7. The number of hydrogen-bond acceptors (Lipinski definition) is 4. The molecule has 7 nitrogen and oxygen atoms in total. The van der Waals surface area contributed by atoms with Crippen molar-refractivity contribution < 1.29 is 9.59 Å². The summed E-state index contributed by atoms with van der Waals surface area (Å²) in [6, 6.07) is -0.136. The molecule has 0 saturated carbocycles. The topological polar surface area (TPSA) is 88.9 Å². The molecule has 1 atom stereocenters. The Morgan fingerprint density at radius 3 is 2.95 bits per heavy atom. The number of amides is 2. The van der Waals surface area contributed by atoms with Crippen LogP contribution in [-0.2, 0) is 22.6 Å². The summed E-state index contributed by atoms with van der Waals surface area (Å²) in [5.74, 6) is 1.73. The Morgan fingerprint density at radius 2 is 2.20 bits per heavy atom. The van der Waals surface area contributed by atoms with Crippen molar-refractivity contribution in [3.63, 3.8) is 0 Å². The van der Waals surface area contributed by atoms with Crippen LogP contribution in [0.15, 0.2) is 0 Å². The van der Waals surface area contributed by atoms with E-state index < -0.39 is 0 Å². The molecule has 0 unspecified atom stereocenters. The van der Waals surface area contributed by atoms with Crippen LogP contribution >= 0.6 is 0 Å². The van der Waals surface area contributed by atoms with E-state index in [1.807, 2.05) is 6.92 Å². The molecule has 0 radical (unpaired) electrons. The van der Waals surface area contributed by atoms with Crippen LogP contribution < -0.4 is 10.6 Å². The van der Waals surface area contributed by atoms with E-state index in [0.29, 0.717) is 19.4 Å². The van der Waals surface area contributed by atoms with Gasteiger partial charge in [0, 0.05) is 32.9 Å². The van der Waals surface area contributed by atoms with Crippen molar-refractivity contribution in [2.45, 2.75) is 52.1 Å². The standard InChI is InChI=1S/C13H21N5O2/c1-9(13-17-16-11-5-4-8-18(11)13)15-12(20)6-3-7-14-10(2)19/h9H,3-8H2,1-2H3,(H,14,19)(H,15,20)/t9-/m1/s1. The lowest BCUT2D eigenvalue weighted by molar-refractivity contribution is -0.122. The number of aromatic nitrogens is 3. The van der Waals surface area contributed by atoms with Crippen LogP contribution in [-0.4, -0.2) is 33.1 Å². The summed E-state index contributed by atoms with van der Waals surface area (Å²) in [6.07, 6.45) is 3.08. The first-order chi connectivity index (χ1) is 9.58. The summed E-state index contributed by atoms with van der Waals surface area (Å²) in [6.45, 7) is 4.84. The molecule has 2 N–H and O–H groups in total. The Kier molecular flexibility index (Phi) is 4.70. The number of aryl methyl sites for hydroxylation is 1. The zero-order valence-electron chi connectivity index (χ0n) is 12.0. The predicted octanol–water partition coefficient (Wildman–Crippen LogP) is 0.318. The third kappa shape index (κ3) is 3.55. The van der Waals surface area contributed by atoms with Crippen molar-refractivity contribution in [1.29, 1.82) is 0 Å². The van der Waals surface area contributed by atoms with Crippen molar-refractivity contribution in [2.24, 2.45) is 0 Å². The van der Waals surface area contributed by atoms with E-state index in [1.165, 1.54) is 6.92 Å². The fourth-order valence-electron chi connectivity index (χ4n) is 2.38. The van der Waals surface area contributed by atoms with Gasteiger partial charge in [-0.25, -0.2) is 0 Å². The van der Waals surface area contributed by atoms with E-state index in [9.17, 15) is 9.59 Å². The Labute approximate surface area is 118 Å². The molecular weight excluding hydrogens is 258 g/mol. The van der Waals surface area contributed by atoms with Crippen molar-refractivity contribution in [3.8, 4) is 0 Å². The lowest BCUT2D eigenvalue weighted by Crippen LogP contribution is -2.29. The highest BCUT2D eigenvalue weighted by Gasteiger charge is 2.22. The summed E-state index contributed by atoms with van der Waals surface area (Å²) in [5.41, 5.74) is 0. The molecule has 0 spiro atoms. The largest absolute Gasteiger partial charge is 0.356 e. The molecule has 7 heteroatoms. The Balaban J connectivity index is 1.77. The number of fused-ring (bicyclic) bond motifs is 1. The minimum absolute atomic E-state index is 0.0294. The van der Waals surface area contributed by atoms with Gasteiger partial charge in [-0.1, -0.05) is 0 Å². The van der Waals surface area contributed by atoms with Gasteiger partial charge in [-0.15, -0.1) is 10.2 Å². The minimum atomic E-state index is -0.136. The molecule has 0 saturated heterocycles. The molecule has 110 valence electrons. The average molecular weight is 279 g/mol. The Hall–Kier alpha value is -1.92. The fraction of sp³-hybridized carbons (Fsp3) is 0.692. The number of nitrogens with zero attached hydrogens (tertiary/aromatic N) is 3. The van der Waals surface area contributed by atoms with Crippen LogP contribution in [0, 0.1) is 0 Å². The van der Waals surface area contributed by atoms with Crippen LogP contribution in [0.25, 0.3) is 0 Å². The third-order valence-electron chi connectivity index (χ3n) is 3.36. The van der Waals surface area contributed by atoms with E-state index >= 15 is 0 Å². The highest BCUT2D eigenvalue weighted by atomic mass is 16.2. The highest BCUT2D eigenvalue weighted by Crippen LogP contribution is 2.18. The second-order valence-corrected chi connectivity index (χ2v) is 5.11. The van der Waals surface area contributed by atoms with E-state index in [-0.39, 0.29) is 17.9 Å². The summed E-state index contributed by atoms with van der Waals surface area (Å²) < 4.78 is 2.09. The molecule has 2 heterocycles. The van der Waals surface area contributed by atoms with Gasteiger partial charge in [-0.3, -0.25) is 9.59 Å². The van der Waals surface area contributed by atoms with E-state index in [0.717, 1.165) is 31.0 Å². The maximum atomic E-state index is 11.8. The molecule has 0 fully saturated rings. The molecular formula is C13H21N5O2. The van der Waals surface area contributed by atoms with Gasteiger partial charge in [-0.05, 0) is 19.8 Å². The fourth-order valence-corrected chi connectivity index (χ4v) is 2.38. The average Bonchev–Trinajstić information content (AvgIpc) is 2.96. The maximum absolute atomic E-state index is 11.8. The van der Waals surface area contributed by atoms with Gasteiger partial charge >= 0.3 is 0 Å². The smallest absolute Gasteiger partial charge is 0.220 e. The zero-order chi connectivity index (χ0) is 14.5. The molecule has 2 rings (SSSR count). The zero-order valence-corrected chi connectivity index (χ0v) is 12.0. The van der Waals surface area contributed by atoms with Gasteiger partial charge < -0.3 is 15.2 Å². The van der Waals surface area contributed by atoms with Gasteiger partial charge in [0.05, 0.1) is 6.04 Å². The van der Waals surface area contributed by atoms with Crippen LogP contribution in [0.4, 0.5) is 0 Å².